The number of carbonyl (C=O) groups excluding carboxylic acids is 1. The van der Waals surface area contributed by atoms with Gasteiger partial charge < -0.3 is 15.0 Å². The van der Waals surface area contributed by atoms with Gasteiger partial charge in [-0.2, -0.15) is 0 Å². The molecule has 0 unspecified atom stereocenters. The predicted molar refractivity (Wildman–Crippen MR) is 77.7 cm³/mol. The third-order valence-corrected chi connectivity index (χ3v) is 2.81. The molecule has 0 radical (unpaired) electrons. The molecule has 0 spiro atoms. The van der Waals surface area contributed by atoms with Gasteiger partial charge in [-0.1, -0.05) is 12.1 Å². The first-order valence-corrected chi connectivity index (χ1v) is 6.40. The fraction of sp³-hybridized carbons (Fsp3) is 0.133. The Balaban J connectivity index is 1.86. The Bertz CT molecular complexity index is 631. The van der Waals surface area contributed by atoms with Crippen LogP contribution < -0.4 is 5.32 Å². The molecule has 6 heteroatoms. The number of carboxylic acid groups (broad SMARTS) is 1. The number of rotatable bonds is 6. The Morgan fingerprint density at radius 1 is 1.29 bits per heavy atom. The highest BCUT2D eigenvalue weighted by molar-refractivity contribution is 5.94. The van der Waals surface area contributed by atoms with E-state index in [2.05, 4.69) is 10.3 Å². The number of aliphatic carboxylic acids is 1. The van der Waals surface area contributed by atoms with Crippen molar-refractivity contribution in [3.8, 4) is 0 Å². The monoisotopic (exact) mass is 285 g/mol. The first-order chi connectivity index (χ1) is 10.1. The summed E-state index contributed by atoms with van der Waals surface area (Å²) in [7, 11) is 0. The number of benzene rings is 1. The van der Waals surface area contributed by atoms with E-state index in [1.807, 2.05) is 10.8 Å². The van der Waals surface area contributed by atoms with Crippen molar-refractivity contribution in [3.05, 3.63) is 60.2 Å². The molecule has 0 aliphatic rings. The van der Waals surface area contributed by atoms with Crippen molar-refractivity contribution in [2.45, 2.75) is 6.54 Å². The molecule has 0 saturated carbocycles. The highest BCUT2D eigenvalue weighted by atomic mass is 16.4. The maximum Gasteiger partial charge on any atom is 0.328 e. The lowest BCUT2D eigenvalue weighted by Gasteiger charge is -2.06. The molecule has 0 saturated heterocycles. The topological polar surface area (TPSA) is 84.2 Å². The fourth-order valence-electron chi connectivity index (χ4n) is 1.73. The van der Waals surface area contributed by atoms with Gasteiger partial charge in [0.05, 0.1) is 6.33 Å². The minimum atomic E-state index is -1.00. The molecular formula is C15H15N3O3. The van der Waals surface area contributed by atoms with Gasteiger partial charge in [-0.05, 0) is 23.8 Å². The molecule has 0 bridgehead atoms. The van der Waals surface area contributed by atoms with Crippen LogP contribution in [0.15, 0.2) is 49.1 Å². The number of hydrogen-bond acceptors (Lipinski definition) is 3. The van der Waals surface area contributed by atoms with Gasteiger partial charge >= 0.3 is 5.97 Å². The van der Waals surface area contributed by atoms with Crippen molar-refractivity contribution in [2.24, 2.45) is 0 Å². The van der Waals surface area contributed by atoms with Crippen LogP contribution in [0.25, 0.3) is 6.08 Å². The zero-order valence-electron chi connectivity index (χ0n) is 11.3. The SMILES string of the molecule is O=C(O)C=Cc1ccc(C(=O)NCCn2ccnc2)cc1. The van der Waals surface area contributed by atoms with E-state index < -0.39 is 5.97 Å². The van der Waals surface area contributed by atoms with Crippen LogP contribution in [0, 0.1) is 0 Å². The van der Waals surface area contributed by atoms with Gasteiger partial charge in [0.1, 0.15) is 0 Å². The fourth-order valence-corrected chi connectivity index (χ4v) is 1.73. The standard InChI is InChI=1S/C15H15N3O3/c19-14(20)6-3-12-1-4-13(5-2-12)15(21)17-8-10-18-9-7-16-11-18/h1-7,9,11H,8,10H2,(H,17,21)(H,19,20). The normalized spacial score (nSPS) is 10.7. The number of imidazole rings is 1. The van der Waals surface area contributed by atoms with Crippen LogP contribution in [-0.2, 0) is 11.3 Å². The average molecular weight is 285 g/mol. The number of amides is 1. The second-order valence-corrected chi connectivity index (χ2v) is 4.35. The summed E-state index contributed by atoms with van der Waals surface area (Å²) in [6.07, 6.45) is 7.74. The quantitative estimate of drug-likeness (QED) is 0.786. The van der Waals surface area contributed by atoms with Gasteiger partial charge in [0.25, 0.3) is 5.91 Å². The summed E-state index contributed by atoms with van der Waals surface area (Å²) in [5.74, 6) is -1.17. The highest BCUT2D eigenvalue weighted by Gasteiger charge is 2.04. The molecule has 6 nitrogen and oxygen atoms in total. The lowest BCUT2D eigenvalue weighted by atomic mass is 10.1. The molecular weight excluding hydrogens is 270 g/mol. The Morgan fingerprint density at radius 3 is 2.67 bits per heavy atom. The van der Waals surface area contributed by atoms with Crippen molar-refractivity contribution in [2.75, 3.05) is 6.54 Å². The summed E-state index contributed by atoms with van der Waals surface area (Å²) < 4.78 is 1.88. The zero-order valence-corrected chi connectivity index (χ0v) is 11.3. The number of aromatic nitrogens is 2. The number of hydrogen-bond donors (Lipinski definition) is 2. The molecule has 2 aromatic rings. The summed E-state index contributed by atoms with van der Waals surface area (Å²) in [5, 5.41) is 11.3. The van der Waals surface area contributed by atoms with Crippen LogP contribution >= 0.6 is 0 Å². The average Bonchev–Trinajstić information content (AvgIpc) is 2.99. The maximum absolute atomic E-state index is 11.9. The molecule has 21 heavy (non-hydrogen) atoms. The van der Waals surface area contributed by atoms with E-state index in [1.165, 1.54) is 6.08 Å². The Kier molecular flexibility index (Phi) is 4.87. The summed E-state index contributed by atoms with van der Waals surface area (Å²) >= 11 is 0. The van der Waals surface area contributed by atoms with Crippen molar-refractivity contribution in [1.29, 1.82) is 0 Å². The van der Waals surface area contributed by atoms with Gasteiger partial charge in [-0.15, -0.1) is 0 Å². The Morgan fingerprint density at radius 2 is 2.05 bits per heavy atom. The van der Waals surface area contributed by atoms with E-state index in [0.29, 0.717) is 18.7 Å². The van der Waals surface area contributed by atoms with Gasteiger partial charge in [-0.3, -0.25) is 4.79 Å². The molecule has 1 heterocycles. The smallest absolute Gasteiger partial charge is 0.328 e. The van der Waals surface area contributed by atoms with Crippen LogP contribution in [0.5, 0.6) is 0 Å². The first kappa shape index (κ1) is 14.5. The number of carboxylic acids is 1. The van der Waals surface area contributed by atoms with Crippen LogP contribution in [0.1, 0.15) is 15.9 Å². The summed E-state index contributed by atoms with van der Waals surface area (Å²) in [6.45, 7) is 1.17. The Labute approximate surface area is 121 Å². The van der Waals surface area contributed by atoms with E-state index in [0.717, 1.165) is 11.6 Å². The molecule has 1 amide bonds. The van der Waals surface area contributed by atoms with E-state index in [9.17, 15) is 9.59 Å². The molecule has 0 aliphatic heterocycles. The molecule has 0 fully saturated rings. The second kappa shape index (κ2) is 7.04. The van der Waals surface area contributed by atoms with Crippen molar-refractivity contribution >= 4 is 18.0 Å². The summed E-state index contributed by atoms with van der Waals surface area (Å²) in [5.41, 5.74) is 1.26. The molecule has 108 valence electrons. The van der Waals surface area contributed by atoms with E-state index >= 15 is 0 Å². The van der Waals surface area contributed by atoms with Gasteiger partial charge in [0.2, 0.25) is 0 Å². The minimum absolute atomic E-state index is 0.163. The highest BCUT2D eigenvalue weighted by Crippen LogP contribution is 2.06. The second-order valence-electron chi connectivity index (χ2n) is 4.35. The van der Waals surface area contributed by atoms with Crippen molar-refractivity contribution in [3.63, 3.8) is 0 Å². The van der Waals surface area contributed by atoms with Crippen LogP contribution in [0.4, 0.5) is 0 Å². The van der Waals surface area contributed by atoms with Crippen LogP contribution in [-0.4, -0.2) is 33.1 Å². The molecule has 2 rings (SSSR count). The molecule has 0 aliphatic carbocycles. The number of nitrogens with zero attached hydrogens (tertiary/aromatic N) is 2. The predicted octanol–water partition coefficient (Wildman–Crippen LogP) is 1.41. The van der Waals surface area contributed by atoms with Crippen LogP contribution in [0.2, 0.25) is 0 Å². The third-order valence-electron chi connectivity index (χ3n) is 2.81. The van der Waals surface area contributed by atoms with Crippen molar-refractivity contribution < 1.29 is 14.7 Å². The first-order valence-electron chi connectivity index (χ1n) is 6.40. The molecule has 1 aromatic heterocycles. The number of carbonyl (C=O) groups is 2. The zero-order chi connectivity index (χ0) is 15.1. The van der Waals surface area contributed by atoms with Crippen LogP contribution in [0.3, 0.4) is 0 Å². The molecule has 2 N–H and O–H groups in total. The largest absolute Gasteiger partial charge is 0.478 e. The lowest BCUT2D eigenvalue weighted by molar-refractivity contribution is -0.131. The summed E-state index contributed by atoms with van der Waals surface area (Å²) in [6, 6.07) is 6.72. The molecule has 0 atom stereocenters. The van der Waals surface area contributed by atoms with E-state index in [1.54, 1.807) is 36.8 Å². The van der Waals surface area contributed by atoms with Crippen molar-refractivity contribution in [1.82, 2.24) is 14.9 Å². The van der Waals surface area contributed by atoms with E-state index in [-0.39, 0.29) is 5.91 Å². The van der Waals surface area contributed by atoms with Gasteiger partial charge in [0, 0.05) is 37.1 Å². The third kappa shape index (κ3) is 4.61. The maximum atomic E-state index is 11.9. The lowest BCUT2D eigenvalue weighted by Crippen LogP contribution is -2.26. The van der Waals surface area contributed by atoms with Gasteiger partial charge in [0.15, 0.2) is 0 Å². The van der Waals surface area contributed by atoms with E-state index in [4.69, 9.17) is 5.11 Å². The van der Waals surface area contributed by atoms with Gasteiger partial charge in [-0.25, -0.2) is 9.78 Å². The Hall–Kier alpha value is -2.89. The minimum Gasteiger partial charge on any atom is -0.478 e. The summed E-state index contributed by atoms with van der Waals surface area (Å²) in [4.78, 5) is 26.2. The molecule has 1 aromatic carbocycles. The number of nitrogens with one attached hydrogen (secondary N) is 1.